The van der Waals surface area contributed by atoms with Crippen molar-refractivity contribution in [1.29, 1.82) is 0 Å². The van der Waals surface area contributed by atoms with Gasteiger partial charge in [-0.1, -0.05) is 6.92 Å². The van der Waals surface area contributed by atoms with Crippen LogP contribution < -0.4 is 5.32 Å². The summed E-state index contributed by atoms with van der Waals surface area (Å²) in [6, 6.07) is 4.43. The molecule has 0 bridgehead atoms. The van der Waals surface area contributed by atoms with Crippen LogP contribution in [0.1, 0.15) is 38.2 Å². The number of hydrogen-bond acceptors (Lipinski definition) is 1. The molecule has 0 radical (unpaired) electrons. The van der Waals surface area contributed by atoms with Crippen molar-refractivity contribution in [1.82, 2.24) is 5.32 Å². The Morgan fingerprint density at radius 2 is 1.89 bits per heavy atom. The Bertz CT molecular complexity index is 372. The summed E-state index contributed by atoms with van der Waals surface area (Å²) in [5.41, 5.74) is 0.786. The zero-order valence-electron chi connectivity index (χ0n) is 10.9. The molecule has 1 N–H and O–H groups in total. The van der Waals surface area contributed by atoms with Crippen LogP contribution in [-0.4, -0.2) is 12.6 Å². The third-order valence-electron chi connectivity index (χ3n) is 3.67. The van der Waals surface area contributed by atoms with Gasteiger partial charge in [0.05, 0.1) is 0 Å². The van der Waals surface area contributed by atoms with Crippen molar-refractivity contribution in [3.63, 3.8) is 0 Å². The molecule has 2 rings (SSSR count). The SMILES string of the molecule is CCCNC1CCC(Cc2cc(F)cc(F)c2)C1. The molecule has 3 heteroatoms. The van der Waals surface area contributed by atoms with Crippen LogP contribution in [0, 0.1) is 17.6 Å². The van der Waals surface area contributed by atoms with Crippen LogP contribution in [0.2, 0.25) is 0 Å². The van der Waals surface area contributed by atoms with E-state index in [1.54, 1.807) is 0 Å². The third-order valence-corrected chi connectivity index (χ3v) is 3.67. The van der Waals surface area contributed by atoms with Gasteiger partial charge in [-0.25, -0.2) is 8.78 Å². The molecule has 18 heavy (non-hydrogen) atoms. The second-order valence-corrected chi connectivity index (χ2v) is 5.31. The van der Waals surface area contributed by atoms with Gasteiger partial charge in [0, 0.05) is 12.1 Å². The second kappa shape index (κ2) is 6.28. The average molecular weight is 253 g/mol. The maximum absolute atomic E-state index is 13.1. The standard InChI is InChI=1S/C15H21F2N/c1-2-5-18-15-4-3-11(9-15)6-12-7-13(16)10-14(17)8-12/h7-8,10-11,15,18H,2-6,9H2,1H3. The maximum Gasteiger partial charge on any atom is 0.126 e. The summed E-state index contributed by atoms with van der Waals surface area (Å²) in [6.07, 6.45) is 5.40. The van der Waals surface area contributed by atoms with E-state index in [9.17, 15) is 8.78 Å². The van der Waals surface area contributed by atoms with Crippen molar-refractivity contribution >= 4 is 0 Å². The first-order chi connectivity index (χ1) is 8.67. The van der Waals surface area contributed by atoms with Gasteiger partial charge in [-0.3, -0.25) is 0 Å². The summed E-state index contributed by atoms with van der Waals surface area (Å²) >= 11 is 0. The molecule has 0 saturated heterocycles. The van der Waals surface area contributed by atoms with E-state index >= 15 is 0 Å². The Morgan fingerprint density at radius 1 is 1.17 bits per heavy atom. The summed E-state index contributed by atoms with van der Waals surface area (Å²) < 4.78 is 26.2. The van der Waals surface area contributed by atoms with Crippen molar-refractivity contribution in [3.05, 3.63) is 35.4 Å². The molecule has 2 unspecified atom stereocenters. The molecular formula is C15H21F2N. The summed E-state index contributed by atoms with van der Waals surface area (Å²) in [6.45, 7) is 3.22. The van der Waals surface area contributed by atoms with E-state index < -0.39 is 11.6 Å². The highest BCUT2D eigenvalue weighted by Crippen LogP contribution is 2.29. The van der Waals surface area contributed by atoms with Gasteiger partial charge in [0.25, 0.3) is 0 Å². The molecule has 1 aromatic carbocycles. The lowest BCUT2D eigenvalue weighted by Gasteiger charge is -2.13. The predicted octanol–water partition coefficient (Wildman–Crippen LogP) is 3.68. The number of benzene rings is 1. The number of halogens is 2. The van der Waals surface area contributed by atoms with Gasteiger partial charge < -0.3 is 5.32 Å². The molecule has 0 amide bonds. The van der Waals surface area contributed by atoms with Gasteiger partial charge >= 0.3 is 0 Å². The van der Waals surface area contributed by atoms with Gasteiger partial charge in [0.1, 0.15) is 11.6 Å². The highest BCUT2D eigenvalue weighted by atomic mass is 19.1. The molecule has 1 aromatic rings. The van der Waals surface area contributed by atoms with E-state index in [1.165, 1.54) is 18.6 Å². The van der Waals surface area contributed by atoms with Crippen molar-refractivity contribution in [3.8, 4) is 0 Å². The maximum atomic E-state index is 13.1. The summed E-state index contributed by atoms with van der Waals surface area (Å²) in [5.74, 6) is -0.382. The van der Waals surface area contributed by atoms with Gasteiger partial charge in [-0.05, 0) is 62.3 Å². The van der Waals surface area contributed by atoms with E-state index in [0.717, 1.165) is 43.9 Å². The lowest BCUT2D eigenvalue weighted by atomic mass is 9.97. The van der Waals surface area contributed by atoms with Crippen LogP contribution in [0.4, 0.5) is 8.78 Å². The third kappa shape index (κ3) is 3.77. The molecule has 0 aromatic heterocycles. The van der Waals surface area contributed by atoms with E-state index in [2.05, 4.69) is 12.2 Å². The Hall–Kier alpha value is -0.960. The van der Waals surface area contributed by atoms with E-state index in [1.807, 2.05) is 0 Å². The first kappa shape index (κ1) is 13.5. The predicted molar refractivity (Wildman–Crippen MR) is 69.5 cm³/mol. The molecule has 1 aliphatic carbocycles. The van der Waals surface area contributed by atoms with Crippen molar-refractivity contribution in [2.45, 2.75) is 45.1 Å². The number of nitrogens with one attached hydrogen (secondary N) is 1. The topological polar surface area (TPSA) is 12.0 Å². The summed E-state index contributed by atoms with van der Waals surface area (Å²) in [7, 11) is 0. The number of hydrogen-bond donors (Lipinski definition) is 1. The minimum Gasteiger partial charge on any atom is -0.314 e. The molecule has 100 valence electrons. The first-order valence-electron chi connectivity index (χ1n) is 6.85. The molecule has 0 heterocycles. The van der Waals surface area contributed by atoms with E-state index in [4.69, 9.17) is 0 Å². The second-order valence-electron chi connectivity index (χ2n) is 5.31. The zero-order chi connectivity index (χ0) is 13.0. The lowest BCUT2D eigenvalue weighted by Crippen LogP contribution is -2.27. The van der Waals surface area contributed by atoms with E-state index in [0.29, 0.717) is 12.0 Å². The minimum atomic E-state index is -0.469. The number of rotatable bonds is 5. The van der Waals surface area contributed by atoms with E-state index in [-0.39, 0.29) is 0 Å². The van der Waals surface area contributed by atoms with Crippen LogP contribution in [0.15, 0.2) is 18.2 Å². The fourth-order valence-corrected chi connectivity index (χ4v) is 2.86. The van der Waals surface area contributed by atoms with Crippen molar-refractivity contribution in [2.24, 2.45) is 5.92 Å². The zero-order valence-corrected chi connectivity index (χ0v) is 10.9. The lowest BCUT2D eigenvalue weighted by molar-refractivity contribution is 0.482. The smallest absolute Gasteiger partial charge is 0.126 e. The van der Waals surface area contributed by atoms with Crippen LogP contribution in [0.25, 0.3) is 0 Å². The quantitative estimate of drug-likeness (QED) is 0.844. The van der Waals surface area contributed by atoms with Gasteiger partial charge in [-0.15, -0.1) is 0 Å². The molecule has 0 spiro atoms. The van der Waals surface area contributed by atoms with Gasteiger partial charge in [0.2, 0.25) is 0 Å². The van der Waals surface area contributed by atoms with Gasteiger partial charge in [0.15, 0.2) is 0 Å². The molecule has 1 nitrogen and oxygen atoms in total. The summed E-state index contributed by atoms with van der Waals surface area (Å²) in [5, 5.41) is 3.52. The molecule has 0 aliphatic heterocycles. The molecule has 2 atom stereocenters. The molecule has 1 saturated carbocycles. The average Bonchev–Trinajstić information content (AvgIpc) is 2.72. The van der Waals surface area contributed by atoms with Crippen LogP contribution in [0.3, 0.4) is 0 Å². The molecular weight excluding hydrogens is 232 g/mol. The van der Waals surface area contributed by atoms with Crippen molar-refractivity contribution in [2.75, 3.05) is 6.54 Å². The normalized spacial score (nSPS) is 23.5. The van der Waals surface area contributed by atoms with Crippen LogP contribution >= 0.6 is 0 Å². The molecule has 1 aliphatic rings. The Labute approximate surface area is 108 Å². The van der Waals surface area contributed by atoms with Crippen LogP contribution in [0.5, 0.6) is 0 Å². The minimum absolute atomic E-state index is 0.469. The highest BCUT2D eigenvalue weighted by molar-refractivity contribution is 5.18. The Balaban J connectivity index is 1.87. The fraction of sp³-hybridized carbons (Fsp3) is 0.600. The highest BCUT2D eigenvalue weighted by Gasteiger charge is 2.24. The van der Waals surface area contributed by atoms with Crippen molar-refractivity contribution < 1.29 is 8.78 Å². The summed E-state index contributed by atoms with van der Waals surface area (Å²) in [4.78, 5) is 0. The van der Waals surface area contributed by atoms with Gasteiger partial charge in [-0.2, -0.15) is 0 Å². The Kier molecular flexibility index (Phi) is 4.70. The van der Waals surface area contributed by atoms with Crippen LogP contribution in [-0.2, 0) is 6.42 Å². The fourth-order valence-electron chi connectivity index (χ4n) is 2.86. The monoisotopic (exact) mass is 253 g/mol. The largest absolute Gasteiger partial charge is 0.314 e. The molecule has 1 fully saturated rings. The Morgan fingerprint density at radius 3 is 2.56 bits per heavy atom. The first-order valence-corrected chi connectivity index (χ1v) is 6.85.